The molecule has 1 amide bonds. The molecule has 0 bridgehead atoms. The molecule has 190 valence electrons. The van der Waals surface area contributed by atoms with E-state index >= 15 is 0 Å². The van der Waals surface area contributed by atoms with Crippen molar-refractivity contribution in [3.05, 3.63) is 54.0 Å². The number of carbonyl (C=O) groups excluding carboxylic acids is 1. The van der Waals surface area contributed by atoms with E-state index in [4.69, 9.17) is 4.98 Å². The van der Waals surface area contributed by atoms with Crippen molar-refractivity contribution in [3.8, 4) is 11.3 Å². The van der Waals surface area contributed by atoms with Crippen LogP contribution in [0.25, 0.3) is 11.3 Å². The Kier molecular flexibility index (Phi) is 7.02. The summed E-state index contributed by atoms with van der Waals surface area (Å²) in [5, 5.41) is 7.76. The molecule has 9 heteroatoms. The van der Waals surface area contributed by atoms with E-state index in [0.29, 0.717) is 31.0 Å². The molecule has 0 unspecified atom stereocenters. The lowest BCUT2D eigenvalue weighted by molar-refractivity contribution is -0.136. The second-order valence-electron chi connectivity index (χ2n) is 10.6. The molecule has 0 aliphatic carbocycles. The number of hydrogen-bond donors (Lipinski definition) is 1. The molecule has 3 aromatic rings. The molecule has 2 aliphatic heterocycles. The smallest absolute Gasteiger partial charge is 0.237 e. The monoisotopic (exact) mass is 488 g/mol. The van der Waals surface area contributed by atoms with E-state index in [1.54, 1.807) is 6.20 Å². The Balaban J connectivity index is 1.23. The first kappa shape index (κ1) is 24.4. The number of piperazine rings is 1. The van der Waals surface area contributed by atoms with Crippen LogP contribution < -0.4 is 5.32 Å². The Morgan fingerprint density at radius 3 is 2.72 bits per heavy atom. The molecule has 1 aromatic carbocycles. The number of anilines is 2. The molecule has 2 saturated heterocycles. The topological polar surface area (TPSA) is 82.4 Å². The minimum absolute atomic E-state index is 0.213. The van der Waals surface area contributed by atoms with Crippen molar-refractivity contribution < 1.29 is 4.79 Å². The summed E-state index contributed by atoms with van der Waals surface area (Å²) < 4.78 is 2.00. The zero-order valence-electron chi connectivity index (χ0n) is 21.7. The van der Waals surface area contributed by atoms with Gasteiger partial charge in [-0.1, -0.05) is 26.0 Å². The van der Waals surface area contributed by atoms with Crippen molar-refractivity contribution >= 4 is 17.5 Å². The number of carbonyl (C=O) groups is 1. The summed E-state index contributed by atoms with van der Waals surface area (Å²) in [7, 11) is 2.11. The quantitative estimate of drug-likeness (QED) is 0.521. The molecule has 4 heterocycles. The number of aryl methyl sites for hydroxylation is 1. The van der Waals surface area contributed by atoms with Gasteiger partial charge < -0.3 is 15.1 Å². The van der Waals surface area contributed by atoms with Crippen LogP contribution in [0.4, 0.5) is 11.6 Å². The summed E-state index contributed by atoms with van der Waals surface area (Å²) in [6.07, 6.45) is 5.60. The number of rotatable bonds is 8. The zero-order valence-corrected chi connectivity index (χ0v) is 21.7. The fraction of sp³-hybridized carbons (Fsp3) is 0.481. The van der Waals surface area contributed by atoms with Gasteiger partial charge >= 0.3 is 0 Å². The van der Waals surface area contributed by atoms with Gasteiger partial charge in [0, 0.05) is 57.2 Å². The maximum absolute atomic E-state index is 12.7. The van der Waals surface area contributed by atoms with E-state index in [0.717, 1.165) is 55.2 Å². The molecule has 0 atom stereocenters. The summed E-state index contributed by atoms with van der Waals surface area (Å²) in [4.78, 5) is 28.3. The van der Waals surface area contributed by atoms with Gasteiger partial charge in [-0.2, -0.15) is 5.10 Å². The maximum atomic E-state index is 12.7. The normalized spacial score (nSPS) is 17.6. The van der Waals surface area contributed by atoms with Crippen LogP contribution in [-0.4, -0.2) is 86.7 Å². The summed E-state index contributed by atoms with van der Waals surface area (Å²) in [5.41, 5.74) is 5.10. The molecule has 2 aromatic heterocycles. The molecule has 2 aliphatic rings. The fourth-order valence-corrected chi connectivity index (χ4v) is 4.98. The lowest BCUT2D eigenvalue weighted by atomic mass is 10.0. The van der Waals surface area contributed by atoms with Gasteiger partial charge in [0.15, 0.2) is 0 Å². The maximum Gasteiger partial charge on any atom is 0.237 e. The number of nitrogens with zero attached hydrogens (tertiary/aromatic N) is 7. The van der Waals surface area contributed by atoms with Gasteiger partial charge in [-0.3, -0.25) is 14.4 Å². The highest BCUT2D eigenvalue weighted by molar-refractivity contribution is 5.79. The van der Waals surface area contributed by atoms with Crippen LogP contribution >= 0.6 is 0 Å². The van der Waals surface area contributed by atoms with E-state index in [1.165, 1.54) is 5.56 Å². The molecular weight excluding hydrogens is 452 g/mol. The lowest BCUT2D eigenvalue weighted by Crippen LogP contribution is -2.50. The molecule has 0 saturated carbocycles. The average Bonchev–Trinajstić information content (AvgIpc) is 3.27. The van der Waals surface area contributed by atoms with E-state index < -0.39 is 0 Å². The van der Waals surface area contributed by atoms with E-state index in [-0.39, 0.29) is 5.91 Å². The van der Waals surface area contributed by atoms with Crippen molar-refractivity contribution in [2.24, 2.45) is 5.92 Å². The van der Waals surface area contributed by atoms with Crippen molar-refractivity contribution in [1.29, 1.82) is 0 Å². The van der Waals surface area contributed by atoms with Gasteiger partial charge in [0.05, 0.1) is 30.2 Å². The Morgan fingerprint density at radius 2 is 2.00 bits per heavy atom. The second kappa shape index (κ2) is 10.4. The minimum atomic E-state index is 0.213. The number of nitrogens with one attached hydrogen (secondary N) is 1. The fourth-order valence-electron chi connectivity index (χ4n) is 4.98. The summed E-state index contributed by atoms with van der Waals surface area (Å²) in [6.45, 7) is 12.4. The van der Waals surface area contributed by atoms with E-state index in [1.807, 2.05) is 28.0 Å². The van der Waals surface area contributed by atoms with Crippen LogP contribution in [0, 0.1) is 12.8 Å². The lowest BCUT2D eigenvalue weighted by Gasteiger charge is -2.36. The highest BCUT2D eigenvalue weighted by Gasteiger charge is 2.26. The molecule has 9 nitrogen and oxygen atoms in total. The van der Waals surface area contributed by atoms with Crippen molar-refractivity contribution in [2.75, 3.05) is 51.6 Å². The molecule has 36 heavy (non-hydrogen) atoms. The number of amides is 1. The van der Waals surface area contributed by atoms with Crippen LogP contribution in [0.15, 0.2) is 42.9 Å². The molecule has 0 spiro atoms. The van der Waals surface area contributed by atoms with Crippen LogP contribution in [0.1, 0.15) is 31.0 Å². The van der Waals surface area contributed by atoms with Gasteiger partial charge in [-0.25, -0.2) is 9.97 Å². The predicted molar refractivity (Wildman–Crippen MR) is 141 cm³/mol. The number of likely N-dealkylation sites (tertiary alicyclic amines) is 1. The van der Waals surface area contributed by atoms with Crippen LogP contribution in [-0.2, 0) is 11.3 Å². The molecule has 5 rings (SSSR count). The molecular formula is C27H36N8O. The third kappa shape index (κ3) is 5.57. The zero-order chi connectivity index (χ0) is 25.2. The Hall–Kier alpha value is -3.30. The van der Waals surface area contributed by atoms with E-state index in [2.05, 4.69) is 71.2 Å². The first-order valence-corrected chi connectivity index (χ1v) is 12.8. The summed E-state index contributed by atoms with van der Waals surface area (Å²) >= 11 is 0. The van der Waals surface area contributed by atoms with Gasteiger partial charge in [0.2, 0.25) is 11.9 Å². The first-order valence-electron chi connectivity index (χ1n) is 12.8. The molecule has 0 radical (unpaired) electrons. The summed E-state index contributed by atoms with van der Waals surface area (Å²) in [6, 6.07) is 8.70. The highest BCUT2D eigenvalue weighted by atomic mass is 16.2. The minimum Gasteiger partial charge on any atom is -0.336 e. The van der Waals surface area contributed by atoms with Crippen molar-refractivity contribution in [2.45, 2.75) is 33.4 Å². The van der Waals surface area contributed by atoms with Gasteiger partial charge in [-0.15, -0.1) is 0 Å². The number of aromatic nitrogens is 4. The third-order valence-corrected chi connectivity index (χ3v) is 6.95. The van der Waals surface area contributed by atoms with Crippen LogP contribution in [0.3, 0.4) is 0 Å². The summed E-state index contributed by atoms with van der Waals surface area (Å²) in [5.74, 6) is 1.33. The molecule has 1 N–H and O–H groups in total. The van der Waals surface area contributed by atoms with Gasteiger partial charge in [-0.05, 0) is 43.1 Å². The second-order valence-corrected chi connectivity index (χ2v) is 10.6. The average molecular weight is 489 g/mol. The Morgan fingerprint density at radius 1 is 1.17 bits per heavy atom. The molecule has 2 fully saturated rings. The van der Waals surface area contributed by atoms with Gasteiger partial charge in [0.25, 0.3) is 0 Å². The van der Waals surface area contributed by atoms with Gasteiger partial charge in [0.1, 0.15) is 0 Å². The predicted octanol–water partition coefficient (Wildman–Crippen LogP) is 3.18. The van der Waals surface area contributed by atoms with Crippen molar-refractivity contribution in [1.82, 2.24) is 34.4 Å². The highest BCUT2D eigenvalue weighted by Crippen LogP contribution is 2.25. The number of benzene rings is 1. The first-order chi connectivity index (χ1) is 17.3. The van der Waals surface area contributed by atoms with E-state index in [9.17, 15) is 4.79 Å². The van der Waals surface area contributed by atoms with Crippen LogP contribution in [0.2, 0.25) is 0 Å². The van der Waals surface area contributed by atoms with Crippen LogP contribution in [0.5, 0.6) is 0 Å². The Labute approximate surface area is 213 Å². The van der Waals surface area contributed by atoms with Crippen molar-refractivity contribution in [3.63, 3.8) is 0 Å². The number of likely N-dealkylation sites (N-methyl/N-ethyl adjacent to an activating group) is 1. The Bertz CT molecular complexity index is 1220. The standard InChI is InChI=1S/C27H36N8O/c1-19(2)13-33-9-10-34(26(36)18-33)14-22-6-5-21(11-20(22)3)25-7-8-28-27(31-25)30-23-12-29-35(15-23)24-16-32(4)17-24/h5-8,11-12,15,19,24H,9-10,13-14,16-18H2,1-4H3,(H,28,30,31). The number of hydrogen-bond acceptors (Lipinski definition) is 7. The SMILES string of the molecule is Cc1cc(-c2ccnc(Nc3cnn(C4CN(C)C4)c3)n2)ccc1CN1CCN(CC(C)C)CC1=O. The third-order valence-electron chi connectivity index (χ3n) is 6.95. The largest absolute Gasteiger partial charge is 0.336 e.